The number of anilines is 2. The second-order valence-electron chi connectivity index (χ2n) is 6.58. The summed E-state index contributed by atoms with van der Waals surface area (Å²) in [7, 11) is 3.67. The minimum Gasteiger partial charge on any atom is -0.326 e. The summed E-state index contributed by atoms with van der Waals surface area (Å²) in [6.45, 7) is 2.12. The molecule has 2 atom stereocenters. The first-order valence-electron chi connectivity index (χ1n) is 8.53. The summed E-state index contributed by atoms with van der Waals surface area (Å²) in [6, 6.07) is 16.2. The van der Waals surface area contributed by atoms with Gasteiger partial charge in [-0.2, -0.15) is 0 Å². The van der Waals surface area contributed by atoms with Gasteiger partial charge in [0.15, 0.2) is 0 Å². The molecule has 4 N–H and O–H groups in total. The number of nitrogens with two attached hydrogens (primary N) is 1. The van der Waals surface area contributed by atoms with E-state index >= 15 is 0 Å². The van der Waals surface area contributed by atoms with Gasteiger partial charge in [0.2, 0.25) is 11.8 Å². The fraction of sp³-hybridized carbons (Fsp3) is 0.300. The van der Waals surface area contributed by atoms with Crippen molar-refractivity contribution in [3.05, 3.63) is 60.2 Å². The van der Waals surface area contributed by atoms with Crippen molar-refractivity contribution in [3.8, 4) is 0 Å². The molecule has 154 valence electrons. The fourth-order valence-corrected chi connectivity index (χ4v) is 2.51. The zero-order valence-electron chi connectivity index (χ0n) is 16.2. The van der Waals surface area contributed by atoms with Crippen molar-refractivity contribution in [3.63, 3.8) is 0 Å². The summed E-state index contributed by atoms with van der Waals surface area (Å²) < 4.78 is 0. The molecular formula is C20H28Cl2N4O2. The monoisotopic (exact) mass is 426 g/mol. The van der Waals surface area contributed by atoms with E-state index in [1.54, 1.807) is 29.2 Å². The summed E-state index contributed by atoms with van der Waals surface area (Å²) in [4.78, 5) is 26.0. The molecule has 0 aliphatic rings. The maximum absolute atomic E-state index is 12.4. The van der Waals surface area contributed by atoms with E-state index in [1.807, 2.05) is 51.4 Å². The number of amides is 2. The third-order valence-corrected chi connectivity index (χ3v) is 4.03. The predicted octanol–water partition coefficient (Wildman–Crippen LogP) is 3.30. The molecule has 0 radical (unpaired) electrons. The van der Waals surface area contributed by atoms with Gasteiger partial charge >= 0.3 is 0 Å². The van der Waals surface area contributed by atoms with Gasteiger partial charge < -0.3 is 21.3 Å². The highest BCUT2D eigenvalue weighted by Gasteiger charge is 2.22. The molecule has 2 amide bonds. The lowest BCUT2D eigenvalue weighted by atomic mass is 9.94. The van der Waals surface area contributed by atoms with Gasteiger partial charge in [0, 0.05) is 17.4 Å². The molecule has 0 bridgehead atoms. The molecule has 0 saturated carbocycles. The van der Waals surface area contributed by atoms with Gasteiger partial charge in [-0.3, -0.25) is 9.59 Å². The highest BCUT2D eigenvalue weighted by atomic mass is 35.5. The van der Waals surface area contributed by atoms with Crippen LogP contribution in [0.4, 0.5) is 11.4 Å². The number of hydrogen-bond donors (Lipinski definition) is 3. The van der Waals surface area contributed by atoms with Crippen molar-refractivity contribution in [1.82, 2.24) is 4.90 Å². The summed E-state index contributed by atoms with van der Waals surface area (Å²) in [5.41, 5.74) is 8.47. The Morgan fingerprint density at radius 3 is 1.93 bits per heavy atom. The van der Waals surface area contributed by atoms with Gasteiger partial charge in [-0.15, -0.1) is 24.8 Å². The molecule has 2 rings (SSSR count). The third kappa shape index (κ3) is 7.86. The van der Waals surface area contributed by atoms with Crippen LogP contribution in [0.2, 0.25) is 0 Å². The van der Waals surface area contributed by atoms with Crippen molar-refractivity contribution < 1.29 is 9.59 Å². The standard InChI is InChI=1S/C20H26N4O2.2ClH/c1-14(19(21)15-7-5-4-6-8-15)20(26)23-17-11-9-16(10-12-17)22-18(25)13-24(2)3;;/h4-12,14,19H,13,21H2,1-3H3,(H,22,25)(H,23,26);2*1H. The Morgan fingerprint density at radius 2 is 1.43 bits per heavy atom. The number of benzene rings is 2. The van der Waals surface area contributed by atoms with E-state index in [9.17, 15) is 9.59 Å². The number of halogens is 2. The predicted molar refractivity (Wildman–Crippen MR) is 119 cm³/mol. The van der Waals surface area contributed by atoms with E-state index in [4.69, 9.17) is 5.73 Å². The van der Waals surface area contributed by atoms with E-state index < -0.39 is 0 Å². The zero-order valence-corrected chi connectivity index (χ0v) is 17.8. The zero-order chi connectivity index (χ0) is 19.1. The smallest absolute Gasteiger partial charge is 0.238 e. The molecule has 2 aromatic carbocycles. The third-order valence-electron chi connectivity index (χ3n) is 4.03. The number of hydrogen-bond acceptors (Lipinski definition) is 4. The van der Waals surface area contributed by atoms with Crippen LogP contribution in [0.3, 0.4) is 0 Å². The molecule has 0 aliphatic heterocycles. The summed E-state index contributed by atoms with van der Waals surface area (Å²) in [6.07, 6.45) is 0. The average Bonchev–Trinajstić information content (AvgIpc) is 2.62. The highest BCUT2D eigenvalue weighted by molar-refractivity contribution is 5.94. The molecule has 0 saturated heterocycles. The van der Waals surface area contributed by atoms with Crippen LogP contribution in [0.15, 0.2) is 54.6 Å². The minimum atomic E-state index is -0.378. The van der Waals surface area contributed by atoms with Gasteiger partial charge in [0.25, 0.3) is 0 Å². The first-order chi connectivity index (χ1) is 12.4. The molecule has 0 aliphatic carbocycles. The second-order valence-corrected chi connectivity index (χ2v) is 6.58. The molecule has 0 heterocycles. The van der Waals surface area contributed by atoms with Crippen LogP contribution in [0.1, 0.15) is 18.5 Å². The Morgan fingerprint density at radius 1 is 0.929 bits per heavy atom. The molecule has 0 fully saturated rings. The van der Waals surface area contributed by atoms with E-state index in [0.29, 0.717) is 17.9 Å². The Balaban J connectivity index is 0.00000364. The van der Waals surface area contributed by atoms with E-state index in [-0.39, 0.29) is 48.6 Å². The summed E-state index contributed by atoms with van der Waals surface area (Å²) in [5.74, 6) is -0.614. The van der Waals surface area contributed by atoms with Gasteiger partial charge in [-0.05, 0) is 43.9 Å². The first kappa shape index (κ1) is 25.9. The van der Waals surface area contributed by atoms with Crippen LogP contribution in [0.5, 0.6) is 0 Å². The summed E-state index contributed by atoms with van der Waals surface area (Å²) >= 11 is 0. The minimum absolute atomic E-state index is 0. The number of rotatable bonds is 7. The molecule has 0 aromatic heterocycles. The molecule has 2 aromatic rings. The highest BCUT2D eigenvalue weighted by Crippen LogP contribution is 2.21. The number of nitrogens with zero attached hydrogens (tertiary/aromatic N) is 1. The van der Waals surface area contributed by atoms with Crippen molar-refractivity contribution in [2.75, 3.05) is 31.3 Å². The van der Waals surface area contributed by atoms with Gasteiger partial charge in [0.05, 0.1) is 12.5 Å². The van der Waals surface area contributed by atoms with Gasteiger partial charge in [-0.25, -0.2) is 0 Å². The maximum Gasteiger partial charge on any atom is 0.238 e. The molecule has 6 nitrogen and oxygen atoms in total. The fourth-order valence-electron chi connectivity index (χ4n) is 2.51. The topological polar surface area (TPSA) is 87.5 Å². The first-order valence-corrected chi connectivity index (χ1v) is 8.53. The van der Waals surface area contributed by atoms with Crippen molar-refractivity contribution in [1.29, 1.82) is 0 Å². The molecule has 0 spiro atoms. The lowest BCUT2D eigenvalue weighted by Gasteiger charge is -2.20. The summed E-state index contributed by atoms with van der Waals surface area (Å²) in [5, 5.41) is 5.67. The molecule has 28 heavy (non-hydrogen) atoms. The normalized spacial score (nSPS) is 12.2. The molecule has 2 unspecified atom stereocenters. The number of carbonyl (C=O) groups excluding carboxylic acids is 2. The van der Waals surface area contributed by atoms with Crippen LogP contribution in [-0.2, 0) is 9.59 Å². The molecular weight excluding hydrogens is 399 g/mol. The van der Waals surface area contributed by atoms with Crippen LogP contribution in [0, 0.1) is 5.92 Å². The van der Waals surface area contributed by atoms with Crippen LogP contribution < -0.4 is 16.4 Å². The number of likely N-dealkylation sites (N-methyl/N-ethyl adjacent to an activating group) is 1. The van der Waals surface area contributed by atoms with Crippen molar-refractivity contribution in [2.24, 2.45) is 11.7 Å². The van der Waals surface area contributed by atoms with Gasteiger partial charge in [0.1, 0.15) is 0 Å². The average molecular weight is 427 g/mol. The van der Waals surface area contributed by atoms with Crippen LogP contribution >= 0.6 is 24.8 Å². The number of nitrogens with one attached hydrogen (secondary N) is 2. The number of carbonyl (C=O) groups is 2. The van der Waals surface area contributed by atoms with Crippen molar-refractivity contribution >= 4 is 48.0 Å². The maximum atomic E-state index is 12.4. The Labute approximate surface area is 178 Å². The van der Waals surface area contributed by atoms with E-state index in [0.717, 1.165) is 5.56 Å². The largest absolute Gasteiger partial charge is 0.326 e. The Bertz CT molecular complexity index is 740. The van der Waals surface area contributed by atoms with E-state index in [1.165, 1.54) is 0 Å². The van der Waals surface area contributed by atoms with Crippen LogP contribution in [0.25, 0.3) is 0 Å². The van der Waals surface area contributed by atoms with Crippen molar-refractivity contribution in [2.45, 2.75) is 13.0 Å². The second kappa shape index (κ2) is 12.4. The quantitative estimate of drug-likeness (QED) is 0.633. The van der Waals surface area contributed by atoms with E-state index in [2.05, 4.69) is 10.6 Å². The Kier molecular flexibility index (Phi) is 11.4. The Hall–Kier alpha value is -2.12. The molecule has 8 heteroatoms. The van der Waals surface area contributed by atoms with Crippen LogP contribution in [-0.4, -0.2) is 37.4 Å². The van der Waals surface area contributed by atoms with Gasteiger partial charge in [-0.1, -0.05) is 37.3 Å². The SMILES string of the molecule is CC(C(=O)Nc1ccc(NC(=O)CN(C)C)cc1)C(N)c1ccccc1.Cl.Cl. The lowest BCUT2D eigenvalue weighted by molar-refractivity contribution is -0.120. The lowest BCUT2D eigenvalue weighted by Crippen LogP contribution is -2.30.